The van der Waals surface area contributed by atoms with Gasteiger partial charge in [-0.3, -0.25) is 9.10 Å². The molecule has 140 valence electrons. The van der Waals surface area contributed by atoms with E-state index in [1.165, 1.54) is 49.4 Å². The van der Waals surface area contributed by atoms with E-state index in [0.717, 1.165) is 16.6 Å². The molecular weight excluding hydrogens is 362 g/mol. The second kappa shape index (κ2) is 7.82. The Morgan fingerprint density at radius 2 is 1.65 bits per heavy atom. The summed E-state index contributed by atoms with van der Waals surface area (Å²) in [6.45, 7) is 3.11. The Kier molecular flexibility index (Phi) is 5.97. The zero-order valence-corrected chi connectivity index (χ0v) is 15.4. The lowest BCUT2D eigenvalue weighted by atomic mass is 10.1. The Labute approximate surface area is 151 Å². The van der Waals surface area contributed by atoms with Gasteiger partial charge in [-0.05, 0) is 49.7 Å². The van der Waals surface area contributed by atoms with E-state index < -0.39 is 39.6 Å². The zero-order valence-electron chi connectivity index (χ0n) is 14.6. The van der Waals surface area contributed by atoms with Gasteiger partial charge in [0.15, 0.2) is 0 Å². The van der Waals surface area contributed by atoms with Crippen molar-refractivity contribution >= 4 is 21.6 Å². The first kappa shape index (κ1) is 19.8. The third-order valence-electron chi connectivity index (χ3n) is 3.88. The molecule has 2 aromatic carbocycles. The van der Waals surface area contributed by atoms with E-state index in [-0.39, 0.29) is 5.69 Å². The average molecular weight is 382 g/mol. The summed E-state index contributed by atoms with van der Waals surface area (Å²) in [5.41, 5.74) is 0.730. The van der Waals surface area contributed by atoms with Gasteiger partial charge >= 0.3 is 0 Å². The molecule has 2 rings (SSSR count). The average Bonchev–Trinajstić information content (AvgIpc) is 2.54. The SMILES string of the molecule is C[C@H](NC(=O)[C@H](C)N(c1cccc(F)c1)S(C)(=O)=O)c1ccc(F)cc1. The number of halogens is 2. The van der Waals surface area contributed by atoms with E-state index in [9.17, 15) is 22.0 Å². The summed E-state index contributed by atoms with van der Waals surface area (Å²) < 4.78 is 51.7. The van der Waals surface area contributed by atoms with Crippen molar-refractivity contribution in [1.82, 2.24) is 5.32 Å². The third kappa shape index (κ3) is 4.78. The number of hydrogen-bond acceptors (Lipinski definition) is 3. The van der Waals surface area contributed by atoms with Gasteiger partial charge in [0, 0.05) is 0 Å². The molecule has 0 aliphatic rings. The Bertz CT molecular complexity index is 886. The van der Waals surface area contributed by atoms with Crippen LogP contribution < -0.4 is 9.62 Å². The highest BCUT2D eigenvalue weighted by molar-refractivity contribution is 7.92. The number of anilines is 1. The number of amides is 1. The molecule has 0 unspecified atom stereocenters. The molecule has 0 heterocycles. The standard InChI is InChI=1S/C18H20F2N2O3S/c1-12(14-7-9-15(19)10-8-14)21-18(23)13(2)22(26(3,24)25)17-6-4-5-16(20)11-17/h4-13H,1-3H3,(H,21,23)/t12-,13-/m0/s1. The molecule has 0 saturated heterocycles. The molecule has 0 spiro atoms. The second-order valence-electron chi connectivity index (χ2n) is 6.00. The van der Waals surface area contributed by atoms with Crippen molar-refractivity contribution in [2.45, 2.75) is 25.9 Å². The van der Waals surface area contributed by atoms with Gasteiger partial charge in [-0.15, -0.1) is 0 Å². The Morgan fingerprint density at radius 1 is 1.04 bits per heavy atom. The predicted molar refractivity (Wildman–Crippen MR) is 96.1 cm³/mol. The molecule has 0 bridgehead atoms. The maximum atomic E-state index is 13.5. The second-order valence-corrected chi connectivity index (χ2v) is 7.86. The molecule has 0 aliphatic carbocycles. The highest BCUT2D eigenvalue weighted by Gasteiger charge is 2.30. The molecule has 2 atom stereocenters. The van der Waals surface area contributed by atoms with Crippen LogP contribution in [0.25, 0.3) is 0 Å². The van der Waals surface area contributed by atoms with Crippen LogP contribution in [-0.2, 0) is 14.8 Å². The largest absolute Gasteiger partial charge is 0.348 e. The number of nitrogens with one attached hydrogen (secondary N) is 1. The molecule has 8 heteroatoms. The van der Waals surface area contributed by atoms with E-state index in [0.29, 0.717) is 5.56 Å². The number of rotatable bonds is 6. The fourth-order valence-electron chi connectivity index (χ4n) is 2.59. The number of carbonyl (C=O) groups is 1. The van der Waals surface area contributed by atoms with Crippen molar-refractivity contribution in [2.75, 3.05) is 10.6 Å². The Hall–Kier alpha value is -2.48. The van der Waals surface area contributed by atoms with Gasteiger partial charge in [0.2, 0.25) is 15.9 Å². The Morgan fingerprint density at radius 3 is 2.19 bits per heavy atom. The number of carbonyl (C=O) groups excluding carboxylic acids is 1. The molecule has 1 N–H and O–H groups in total. The molecule has 0 fully saturated rings. The van der Waals surface area contributed by atoms with Gasteiger partial charge in [-0.25, -0.2) is 17.2 Å². The molecule has 2 aromatic rings. The minimum absolute atomic E-state index is 0.0598. The minimum atomic E-state index is -3.83. The summed E-state index contributed by atoms with van der Waals surface area (Å²) in [4.78, 5) is 12.6. The van der Waals surface area contributed by atoms with Crippen LogP contribution >= 0.6 is 0 Å². The van der Waals surface area contributed by atoms with Crippen LogP contribution in [0.1, 0.15) is 25.5 Å². The fourth-order valence-corrected chi connectivity index (χ4v) is 3.76. The van der Waals surface area contributed by atoms with E-state index in [4.69, 9.17) is 0 Å². The molecule has 0 aliphatic heterocycles. The Balaban J connectivity index is 2.23. The molecule has 1 amide bonds. The smallest absolute Gasteiger partial charge is 0.244 e. The van der Waals surface area contributed by atoms with Crippen LogP contribution in [-0.4, -0.2) is 26.6 Å². The summed E-state index contributed by atoms with van der Waals surface area (Å²) in [7, 11) is -3.83. The van der Waals surface area contributed by atoms with Gasteiger partial charge in [0.25, 0.3) is 0 Å². The third-order valence-corrected chi connectivity index (χ3v) is 5.12. The lowest BCUT2D eigenvalue weighted by Crippen LogP contribution is -2.48. The molecule has 26 heavy (non-hydrogen) atoms. The van der Waals surface area contributed by atoms with Crippen molar-refractivity contribution in [3.8, 4) is 0 Å². The van der Waals surface area contributed by atoms with Crippen molar-refractivity contribution in [3.63, 3.8) is 0 Å². The summed E-state index contributed by atoms with van der Waals surface area (Å²) in [6.07, 6.45) is 0.949. The summed E-state index contributed by atoms with van der Waals surface area (Å²) in [6, 6.07) is 9.08. The van der Waals surface area contributed by atoms with E-state index in [2.05, 4.69) is 5.32 Å². The maximum absolute atomic E-state index is 13.5. The maximum Gasteiger partial charge on any atom is 0.244 e. The summed E-state index contributed by atoms with van der Waals surface area (Å²) in [5, 5.41) is 2.69. The monoisotopic (exact) mass is 382 g/mol. The first-order chi connectivity index (χ1) is 12.1. The van der Waals surface area contributed by atoms with Crippen LogP contribution in [0.3, 0.4) is 0 Å². The minimum Gasteiger partial charge on any atom is -0.348 e. The van der Waals surface area contributed by atoms with Crippen LogP contribution in [0.15, 0.2) is 48.5 Å². The first-order valence-electron chi connectivity index (χ1n) is 7.90. The summed E-state index contributed by atoms with van der Waals surface area (Å²) >= 11 is 0. The lowest BCUT2D eigenvalue weighted by molar-refractivity contribution is -0.122. The van der Waals surface area contributed by atoms with Crippen LogP contribution in [0.4, 0.5) is 14.5 Å². The van der Waals surface area contributed by atoms with E-state index >= 15 is 0 Å². The van der Waals surface area contributed by atoms with Crippen LogP contribution in [0.2, 0.25) is 0 Å². The zero-order chi connectivity index (χ0) is 19.5. The fraction of sp³-hybridized carbons (Fsp3) is 0.278. The van der Waals surface area contributed by atoms with Crippen molar-refractivity contribution in [3.05, 3.63) is 65.7 Å². The molecular formula is C18H20F2N2O3S. The van der Waals surface area contributed by atoms with E-state index in [1.807, 2.05) is 0 Å². The summed E-state index contributed by atoms with van der Waals surface area (Å²) in [5.74, 6) is -1.56. The van der Waals surface area contributed by atoms with Crippen LogP contribution in [0, 0.1) is 11.6 Å². The van der Waals surface area contributed by atoms with Crippen molar-refractivity contribution < 1.29 is 22.0 Å². The molecule has 0 radical (unpaired) electrons. The normalized spacial score (nSPS) is 13.7. The van der Waals surface area contributed by atoms with Gasteiger partial charge in [-0.2, -0.15) is 0 Å². The number of hydrogen-bond donors (Lipinski definition) is 1. The topological polar surface area (TPSA) is 66.5 Å². The van der Waals surface area contributed by atoms with Gasteiger partial charge in [0.05, 0.1) is 18.0 Å². The number of sulfonamides is 1. The number of nitrogens with zero attached hydrogens (tertiary/aromatic N) is 1. The van der Waals surface area contributed by atoms with Gasteiger partial charge < -0.3 is 5.32 Å². The van der Waals surface area contributed by atoms with E-state index in [1.54, 1.807) is 6.92 Å². The van der Waals surface area contributed by atoms with Gasteiger partial charge in [-0.1, -0.05) is 18.2 Å². The lowest BCUT2D eigenvalue weighted by Gasteiger charge is -2.29. The first-order valence-corrected chi connectivity index (χ1v) is 9.75. The molecule has 5 nitrogen and oxygen atoms in total. The molecule has 0 saturated carbocycles. The number of benzene rings is 2. The van der Waals surface area contributed by atoms with Gasteiger partial charge in [0.1, 0.15) is 17.7 Å². The highest BCUT2D eigenvalue weighted by Crippen LogP contribution is 2.22. The highest BCUT2D eigenvalue weighted by atomic mass is 32.2. The van der Waals surface area contributed by atoms with Crippen molar-refractivity contribution in [2.24, 2.45) is 0 Å². The predicted octanol–water partition coefficient (Wildman–Crippen LogP) is 3.00. The molecule has 0 aromatic heterocycles. The van der Waals surface area contributed by atoms with Crippen LogP contribution in [0.5, 0.6) is 0 Å². The van der Waals surface area contributed by atoms with Crippen molar-refractivity contribution in [1.29, 1.82) is 0 Å². The quantitative estimate of drug-likeness (QED) is 0.835.